The Balaban J connectivity index is 2.32. The number of aromatic nitrogens is 3. The summed E-state index contributed by atoms with van der Waals surface area (Å²) in [6.45, 7) is 29.8. The van der Waals surface area contributed by atoms with E-state index in [2.05, 4.69) is 98.7 Å². The molecule has 1 aromatic rings. The average Bonchev–Trinajstić information content (AvgIpc) is 3.03. The van der Waals surface area contributed by atoms with Crippen LogP contribution in [0.3, 0.4) is 0 Å². The van der Waals surface area contributed by atoms with Crippen molar-refractivity contribution < 1.29 is 14.2 Å². The van der Waals surface area contributed by atoms with Crippen molar-refractivity contribution in [3.63, 3.8) is 0 Å². The molecule has 0 saturated carbocycles. The average molecular weight is 497 g/mol. The van der Waals surface area contributed by atoms with Crippen molar-refractivity contribution in [3.8, 4) is 0 Å². The molecule has 7 heteroatoms. The SMILES string of the molecule is CC(C)(C)CCOCCC(C)(C)OCCC(C)(C)OCCn1cc(NC(C)(C)CC(C)(C)C)nn1. The van der Waals surface area contributed by atoms with Gasteiger partial charge in [0, 0.05) is 18.8 Å². The van der Waals surface area contributed by atoms with E-state index in [0.717, 1.165) is 44.7 Å². The summed E-state index contributed by atoms with van der Waals surface area (Å²) in [6.07, 6.45) is 5.77. The van der Waals surface area contributed by atoms with Crippen molar-refractivity contribution in [2.75, 3.05) is 31.7 Å². The Morgan fingerprint density at radius 3 is 1.83 bits per heavy atom. The molecule has 0 aliphatic heterocycles. The van der Waals surface area contributed by atoms with Crippen LogP contribution in [0.5, 0.6) is 0 Å². The summed E-state index contributed by atoms with van der Waals surface area (Å²) in [7, 11) is 0. The quantitative estimate of drug-likeness (QED) is 0.256. The third-order valence-corrected chi connectivity index (χ3v) is 5.83. The Bertz CT molecular complexity index is 727. The van der Waals surface area contributed by atoms with Crippen molar-refractivity contribution in [1.29, 1.82) is 0 Å². The molecule has 0 saturated heterocycles. The molecule has 0 amide bonds. The number of nitrogens with one attached hydrogen (secondary N) is 1. The van der Waals surface area contributed by atoms with Gasteiger partial charge in [0.15, 0.2) is 5.82 Å². The molecular formula is C28H56N4O3. The molecule has 0 atom stereocenters. The normalized spacial score (nSPS) is 13.9. The highest BCUT2D eigenvalue weighted by molar-refractivity contribution is 5.33. The van der Waals surface area contributed by atoms with Gasteiger partial charge in [-0.25, -0.2) is 4.68 Å². The third-order valence-electron chi connectivity index (χ3n) is 5.83. The van der Waals surface area contributed by atoms with Crippen LogP contribution in [0.2, 0.25) is 0 Å². The van der Waals surface area contributed by atoms with Gasteiger partial charge in [-0.3, -0.25) is 0 Å². The van der Waals surface area contributed by atoms with Gasteiger partial charge in [-0.05, 0) is 78.1 Å². The maximum absolute atomic E-state index is 6.17. The molecule has 0 bridgehead atoms. The number of nitrogens with zero attached hydrogens (tertiary/aromatic N) is 3. The first-order valence-corrected chi connectivity index (χ1v) is 13.3. The lowest BCUT2D eigenvalue weighted by Crippen LogP contribution is -2.35. The van der Waals surface area contributed by atoms with E-state index in [9.17, 15) is 0 Å². The largest absolute Gasteiger partial charge is 0.381 e. The molecule has 0 spiro atoms. The standard InChI is InChI=1S/C28H56N4O3/c1-24(2,3)13-17-33-18-14-27(9,10)34-19-15-28(11,12)35-20-16-32-21-23(30-31-32)29-26(7,8)22-25(4,5)6/h21,29H,13-20,22H2,1-12H3. The zero-order valence-corrected chi connectivity index (χ0v) is 25.0. The summed E-state index contributed by atoms with van der Waals surface area (Å²) in [5.74, 6) is 0.802. The second-order valence-corrected chi connectivity index (χ2v) is 14.3. The van der Waals surface area contributed by atoms with Crippen molar-refractivity contribution in [3.05, 3.63) is 6.20 Å². The molecule has 1 rings (SSSR count). The van der Waals surface area contributed by atoms with Crippen molar-refractivity contribution >= 4 is 5.82 Å². The molecule has 7 nitrogen and oxygen atoms in total. The van der Waals surface area contributed by atoms with Crippen LogP contribution in [0.4, 0.5) is 5.82 Å². The zero-order valence-electron chi connectivity index (χ0n) is 25.0. The summed E-state index contributed by atoms with van der Waals surface area (Å²) >= 11 is 0. The van der Waals surface area contributed by atoms with Gasteiger partial charge in [-0.1, -0.05) is 46.8 Å². The molecule has 0 unspecified atom stereocenters. The lowest BCUT2D eigenvalue weighted by atomic mass is 9.82. The van der Waals surface area contributed by atoms with Crippen LogP contribution in [0.25, 0.3) is 0 Å². The van der Waals surface area contributed by atoms with Crippen LogP contribution in [0.15, 0.2) is 6.20 Å². The maximum atomic E-state index is 6.17. The van der Waals surface area contributed by atoms with Gasteiger partial charge < -0.3 is 19.5 Å². The van der Waals surface area contributed by atoms with E-state index in [0.29, 0.717) is 25.2 Å². The Labute approximate surface area is 216 Å². The number of rotatable bonds is 16. The number of anilines is 1. The Hall–Kier alpha value is -1.18. The highest BCUT2D eigenvalue weighted by Crippen LogP contribution is 2.29. The Morgan fingerprint density at radius 2 is 1.26 bits per heavy atom. The van der Waals surface area contributed by atoms with E-state index in [1.165, 1.54) is 0 Å². The maximum Gasteiger partial charge on any atom is 0.168 e. The van der Waals surface area contributed by atoms with Crippen LogP contribution in [-0.2, 0) is 20.8 Å². The first-order valence-electron chi connectivity index (χ1n) is 13.3. The fraction of sp³-hybridized carbons (Fsp3) is 0.929. The zero-order chi connectivity index (χ0) is 27.0. The summed E-state index contributed by atoms with van der Waals surface area (Å²) in [6, 6.07) is 0. The summed E-state index contributed by atoms with van der Waals surface area (Å²) in [4.78, 5) is 0. The van der Waals surface area contributed by atoms with E-state index in [4.69, 9.17) is 14.2 Å². The van der Waals surface area contributed by atoms with Crippen LogP contribution >= 0.6 is 0 Å². The van der Waals surface area contributed by atoms with Gasteiger partial charge in [0.1, 0.15) is 0 Å². The van der Waals surface area contributed by atoms with Gasteiger partial charge in [-0.15, -0.1) is 5.10 Å². The van der Waals surface area contributed by atoms with Crippen molar-refractivity contribution in [2.24, 2.45) is 10.8 Å². The van der Waals surface area contributed by atoms with E-state index in [1.54, 1.807) is 0 Å². The van der Waals surface area contributed by atoms with E-state index in [1.807, 2.05) is 10.9 Å². The molecule has 0 aromatic carbocycles. The molecule has 0 fully saturated rings. The van der Waals surface area contributed by atoms with E-state index < -0.39 is 0 Å². The minimum absolute atomic E-state index is 0.0517. The molecule has 1 heterocycles. The second-order valence-electron chi connectivity index (χ2n) is 14.3. The van der Waals surface area contributed by atoms with E-state index in [-0.39, 0.29) is 22.2 Å². The molecule has 1 aromatic heterocycles. The minimum atomic E-state index is -0.268. The Kier molecular flexibility index (Phi) is 11.7. The first-order chi connectivity index (χ1) is 15.8. The van der Waals surface area contributed by atoms with Crippen LogP contribution < -0.4 is 5.32 Å². The molecule has 206 valence electrons. The van der Waals surface area contributed by atoms with Gasteiger partial charge in [0.25, 0.3) is 0 Å². The van der Waals surface area contributed by atoms with Crippen molar-refractivity contribution in [1.82, 2.24) is 15.0 Å². The molecule has 1 N–H and O–H groups in total. The topological polar surface area (TPSA) is 70.4 Å². The summed E-state index contributed by atoms with van der Waals surface area (Å²) < 4.78 is 20.0. The predicted molar refractivity (Wildman–Crippen MR) is 146 cm³/mol. The lowest BCUT2D eigenvalue weighted by molar-refractivity contribution is -0.0821. The number of hydrogen-bond acceptors (Lipinski definition) is 6. The highest BCUT2D eigenvalue weighted by Gasteiger charge is 2.26. The molecular weight excluding hydrogens is 440 g/mol. The molecule has 0 aliphatic rings. The molecule has 35 heavy (non-hydrogen) atoms. The first kappa shape index (κ1) is 31.8. The fourth-order valence-electron chi connectivity index (χ4n) is 4.11. The number of ether oxygens (including phenoxy) is 3. The highest BCUT2D eigenvalue weighted by atomic mass is 16.5. The smallest absolute Gasteiger partial charge is 0.168 e. The summed E-state index contributed by atoms with van der Waals surface area (Å²) in [5.41, 5.74) is 0.0285. The fourth-order valence-corrected chi connectivity index (χ4v) is 4.11. The monoisotopic (exact) mass is 496 g/mol. The minimum Gasteiger partial charge on any atom is -0.381 e. The van der Waals surface area contributed by atoms with Gasteiger partial charge in [0.05, 0.1) is 37.2 Å². The second kappa shape index (κ2) is 12.9. The lowest BCUT2D eigenvalue weighted by Gasteiger charge is -2.33. The third kappa shape index (κ3) is 16.2. The van der Waals surface area contributed by atoms with Crippen LogP contribution in [0, 0.1) is 10.8 Å². The predicted octanol–water partition coefficient (Wildman–Crippen LogP) is 6.73. The van der Waals surface area contributed by atoms with Crippen molar-refractivity contribution in [2.45, 2.75) is 132 Å². The van der Waals surface area contributed by atoms with E-state index >= 15 is 0 Å². The molecule has 0 aliphatic carbocycles. The van der Waals surface area contributed by atoms with Crippen LogP contribution in [0.1, 0.15) is 109 Å². The van der Waals surface area contributed by atoms with Gasteiger partial charge in [-0.2, -0.15) is 0 Å². The Morgan fingerprint density at radius 1 is 0.714 bits per heavy atom. The number of hydrogen-bond donors (Lipinski definition) is 1. The van der Waals surface area contributed by atoms with Gasteiger partial charge >= 0.3 is 0 Å². The van der Waals surface area contributed by atoms with Crippen LogP contribution in [-0.4, -0.2) is 58.2 Å². The molecule has 0 radical (unpaired) electrons. The van der Waals surface area contributed by atoms with Gasteiger partial charge in [0.2, 0.25) is 0 Å². The summed E-state index contributed by atoms with van der Waals surface area (Å²) in [5, 5.41) is 12.1.